The monoisotopic (exact) mass is 651 g/mol. The first-order valence-electron chi connectivity index (χ1n) is 17.5. The molecule has 0 saturated heterocycles. The minimum absolute atomic E-state index is 1.11. The van der Waals surface area contributed by atoms with Gasteiger partial charge in [-0.05, 0) is 78.4 Å². The van der Waals surface area contributed by atoms with E-state index in [1.807, 2.05) is 0 Å². The molecule has 10 aromatic rings. The van der Waals surface area contributed by atoms with Crippen LogP contribution < -0.4 is 4.90 Å². The van der Waals surface area contributed by atoms with Gasteiger partial charge in [0, 0.05) is 49.9 Å². The molecule has 0 fully saturated rings. The van der Waals surface area contributed by atoms with Crippen LogP contribution in [0.4, 0.5) is 17.1 Å². The number of para-hydroxylation sites is 7. The van der Waals surface area contributed by atoms with Crippen molar-refractivity contribution < 1.29 is 0 Å². The molecule has 0 N–H and O–H groups in total. The van der Waals surface area contributed by atoms with Gasteiger partial charge in [0.25, 0.3) is 0 Å². The summed E-state index contributed by atoms with van der Waals surface area (Å²) < 4.78 is 4.94. The molecule has 0 atom stereocenters. The minimum atomic E-state index is 1.11. The Kier molecular flexibility index (Phi) is 6.81. The molecule has 10 rings (SSSR count). The van der Waals surface area contributed by atoms with Gasteiger partial charge < -0.3 is 14.0 Å². The summed E-state index contributed by atoms with van der Waals surface area (Å²) in [6.45, 7) is 0. The van der Waals surface area contributed by atoms with E-state index in [1.165, 1.54) is 54.7 Å². The van der Waals surface area contributed by atoms with E-state index in [-0.39, 0.29) is 0 Å². The third kappa shape index (κ3) is 4.59. The van der Waals surface area contributed by atoms with Gasteiger partial charge in [-0.25, -0.2) is 0 Å². The summed E-state index contributed by atoms with van der Waals surface area (Å²) >= 11 is 0. The molecule has 0 unspecified atom stereocenters. The highest BCUT2D eigenvalue weighted by molar-refractivity contribution is 6.28. The van der Waals surface area contributed by atoms with Crippen molar-refractivity contribution in [2.24, 2.45) is 0 Å². The van der Waals surface area contributed by atoms with Crippen molar-refractivity contribution in [3.63, 3.8) is 0 Å². The van der Waals surface area contributed by atoms with Crippen molar-refractivity contribution in [1.29, 1.82) is 0 Å². The molecule has 0 aliphatic carbocycles. The Morgan fingerprint density at radius 3 is 1.39 bits per heavy atom. The van der Waals surface area contributed by atoms with Crippen LogP contribution in [0, 0.1) is 0 Å². The van der Waals surface area contributed by atoms with E-state index in [4.69, 9.17) is 0 Å². The van der Waals surface area contributed by atoms with Crippen molar-refractivity contribution in [2.45, 2.75) is 0 Å². The fraction of sp³-hybridized carbons (Fsp3) is 0. The molecule has 0 amide bonds. The summed E-state index contributed by atoms with van der Waals surface area (Å²) in [5.74, 6) is 0. The second kappa shape index (κ2) is 11.9. The molecule has 2 heterocycles. The quantitative estimate of drug-likeness (QED) is 0.174. The summed E-state index contributed by atoms with van der Waals surface area (Å²) in [6, 6.07) is 72.0. The lowest BCUT2D eigenvalue weighted by Gasteiger charge is -2.28. The second-order valence-electron chi connectivity index (χ2n) is 12.9. The van der Waals surface area contributed by atoms with Crippen LogP contribution in [0.1, 0.15) is 0 Å². The fourth-order valence-corrected chi connectivity index (χ4v) is 7.98. The van der Waals surface area contributed by atoms with Crippen molar-refractivity contribution in [3.8, 4) is 22.5 Å². The van der Waals surface area contributed by atoms with E-state index in [0.29, 0.717) is 0 Å². The number of hydrogen-bond acceptors (Lipinski definition) is 1. The van der Waals surface area contributed by atoms with Crippen molar-refractivity contribution in [2.75, 3.05) is 4.90 Å². The first-order chi connectivity index (χ1) is 25.4. The van der Waals surface area contributed by atoms with Gasteiger partial charge in [-0.2, -0.15) is 0 Å². The molecule has 240 valence electrons. The van der Waals surface area contributed by atoms with Gasteiger partial charge in [-0.15, -0.1) is 0 Å². The first kappa shape index (κ1) is 29.1. The third-order valence-corrected chi connectivity index (χ3v) is 10.1. The molecule has 2 aromatic heterocycles. The molecule has 3 nitrogen and oxygen atoms in total. The van der Waals surface area contributed by atoms with Crippen LogP contribution in [0.5, 0.6) is 0 Å². The van der Waals surface area contributed by atoms with Gasteiger partial charge in [0.05, 0.1) is 27.8 Å². The highest BCUT2D eigenvalue weighted by Gasteiger charge is 2.26. The second-order valence-corrected chi connectivity index (χ2v) is 12.9. The van der Waals surface area contributed by atoms with E-state index in [1.54, 1.807) is 0 Å². The fourth-order valence-electron chi connectivity index (χ4n) is 7.98. The minimum Gasteiger partial charge on any atom is -0.310 e. The average Bonchev–Trinajstić information content (AvgIpc) is 3.73. The number of rotatable bonds is 6. The molecule has 0 aliphatic heterocycles. The largest absolute Gasteiger partial charge is 0.310 e. The van der Waals surface area contributed by atoms with Gasteiger partial charge in [-0.3, -0.25) is 0 Å². The SMILES string of the molecule is c1ccc(N(c2ccccc2)c2ccccc2-c2cc3c4ccccc4n(-c4ccccc4)c3c3c2c2ccccc2n3-c2ccccc2)cc1. The van der Waals surface area contributed by atoms with E-state index in [9.17, 15) is 0 Å². The number of nitrogens with zero attached hydrogens (tertiary/aromatic N) is 3. The Hall–Kier alpha value is -6.84. The van der Waals surface area contributed by atoms with Gasteiger partial charge in [-0.1, -0.05) is 127 Å². The van der Waals surface area contributed by atoms with Crippen LogP contribution in [0.25, 0.3) is 66.1 Å². The van der Waals surface area contributed by atoms with E-state index in [0.717, 1.165) is 28.4 Å². The van der Waals surface area contributed by atoms with E-state index >= 15 is 0 Å². The molecule has 0 saturated carbocycles. The number of anilines is 3. The molecule has 0 bridgehead atoms. The molecule has 8 aromatic carbocycles. The Labute approximate surface area is 296 Å². The summed E-state index contributed by atoms with van der Waals surface area (Å²) in [6.07, 6.45) is 0. The van der Waals surface area contributed by atoms with Crippen LogP contribution in [-0.2, 0) is 0 Å². The van der Waals surface area contributed by atoms with Gasteiger partial charge in [0.1, 0.15) is 0 Å². The Balaban J connectivity index is 1.42. The zero-order valence-electron chi connectivity index (χ0n) is 27.9. The van der Waals surface area contributed by atoms with Gasteiger partial charge in [0.2, 0.25) is 0 Å². The maximum Gasteiger partial charge on any atom is 0.0795 e. The first-order valence-corrected chi connectivity index (χ1v) is 17.5. The predicted octanol–water partition coefficient (Wildman–Crippen LogP) is 13.0. The van der Waals surface area contributed by atoms with Crippen LogP contribution in [0.15, 0.2) is 200 Å². The smallest absolute Gasteiger partial charge is 0.0795 e. The normalized spacial score (nSPS) is 11.5. The number of benzene rings is 8. The number of hydrogen-bond donors (Lipinski definition) is 0. The lowest BCUT2D eigenvalue weighted by molar-refractivity contribution is 1.15. The highest BCUT2D eigenvalue weighted by atomic mass is 15.1. The Morgan fingerprint density at radius 2 is 0.784 bits per heavy atom. The molecule has 3 heteroatoms. The topological polar surface area (TPSA) is 13.1 Å². The van der Waals surface area contributed by atoms with Gasteiger partial charge >= 0.3 is 0 Å². The van der Waals surface area contributed by atoms with Crippen molar-refractivity contribution in [3.05, 3.63) is 200 Å². The summed E-state index contributed by atoms with van der Waals surface area (Å²) in [5.41, 5.74) is 12.7. The summed E-state index contributed by atoms with van der Waals surface area (Å²) in [7, 11) is 0. The summed E-state index contributed by atoms with van der Waals surface area (Å²) in [4.78, 5) is 2.38. The van der Waals surface area contributed by atoms with Crippen LogP contribution >= 0.6 is 0 Å². The average molecular weight is 652 g/mol. The van der Waals surface area contributed by atoms with Gasteiger partial charge in [0.15, 0.2) is 0 Å². The maximum absolute atomic E-state index is 2.48. The molecular weight excluding hydrogens is 619 g/mol. The lowest BCUT2D eigenvalue weighted by Crippen LogP contribution is -2.11. The van der Waals surface area contributed by atoms with Crippen LogP contribution in [0.2, 0.25) is 0 Å². The van der Waals surface area contributed by atoms with Crippen LogP contribution in [0.3, 0.4) is 0 Å². The maximum atomic E-state index is 2.48. The molecule has 51 heavy (non-hydrogen) atoms. The molecule has 0 aliphatic rings. The van der Waals surface area contributed by atoms with Crippen LogP contribution in [-0.4, -0.2) is 9.13 Å². The predicted molar refractivity (Wildman–Crippen MR) is 215 cm³/mol. The zero-order chi connectivity index (χ0) is 33.7. The third-order valence-electron chi connectivity index (χ3n) is 10.1. The highest BCUT2D eigenvalue weighted by Crippen LogP contribution is 2.49. The number of aromatic nitrogens is 2. The summed E-state index contributed by atoms with van der Waals surface area (Å²) in [5, 5.41) is 4.90. The van der Waals surface area contributed by atoms with E-state index < -0.39 is 0 Å². The Bertz CT molecular complexity index is 2790. The number of fused-ring (bicyclic) bond motifs is 7. The lowest BCUT2D eigenvalue weighted by atomic mass is 9.94. The molecular formula is C48H33N3. The standard InChI is InChI=1S/C48H33N3/c1-5-19-34(20-6-1)49(35-21-7-2-8-22-35)43-30-16-13-27-38(43)41-33-42-39-28-14-17-31-44(39)50(36-23-9-3-10-24-36)47(42)48-46(41)40-29-15-18-32-45(40)51(48)37-25-11-4-12-26-37/h1-33H. The van der Waals surface area contributed by atoms with E-state index in [2.05, 4.69) is 214 Å². The zero-order valence-corrected chi connectivity index (χ0v) is 27.9. The van der Waals surface area contributed by atoms with Crippen molar-refractivity contribution in [1.82, 2.24) is 9.13 Å². The Morgan fingerprint density at radius 1 is 0.333 bits per heavy atom. The molecule has 0 radical (unpaired) electrons. The van der Waals surface area contributed by atoms with Crippen molar-refractivity contribution >= 4 is 60.7 Å². The molecule has 0 spiro atoms.